The van der Waals surface area contributed by atoms with Gasteiger partial charge in [0, 0.05) is 25.1 Å². The van der Waals surface area contributed by atoms with Gasteiger partial charge < -0.3 is 10.1 Å². The molecule has 1 saturated heterocycles. The molecule has 1 aliphatic heterocycles. The summed E-state index contributed by atoms with van der Waals surface area (Å²) in [5.41, 5.74) is 0.805. The molecule has 0 spiro atoms. The Hall–Kier alpha value is -3.33. The number of hydrogen-bond acceptors (Lipinski definition) is 6. The van der Waals surface area contributed by atoms with Crippen molar-refractivity contribution in [1.82, 2.24) is 14.9 Å². The van der Waals surface area contributed by atoms with Crippen LogP contribution < -0.4 is 15.6 Å². The standard InChI is InChI=1S/C20H19FN4O4/c1-11-7-14(25(27)28)9-16-18(11)23-19(17-8-12(21)10-22-17)24(20(16)26)13-3-5-15(29-2)6-4-13/h3-7,9,12,17,22H,8,10H2,1-2H3/t12-,17+/m0/s1. The highest BCUT2D eigenvalue weighted by Crippen LogP contribution is 2.29. The number of benzene rings is 2. The number of methoxy groups -OCH3 is 1. The zero-order valence-electron chi connectivity index (χ0n) is 15.9. The van der Waals surface area contributed by atoms with Gasteiger partial charge in [0.1, 0.15) is 17.7 Å². The number of aromatic nitrogens is 2. The second-order valence-electron chi connectivity index (χ2n) is 7.02. The average Bonchev–Trinajstić information content (AvgIpc) is 3.14. The molecule has 0 saturated carbocycles. The lowest BCUT2D eigenvalue weighted by Gasteiger charge is -2.19. The number of halogens is 1. The number of alkyl halides is 1. The Morgan fingerprint density at radius 2 is 2.03 bits per heavy atom. The molecule has 150 valence electrons. The predicted molar refractivity (Wildman–Crippen MR) is 106 cm³/mol. The average molecular weight is 398 g/mol. The molecule has 0 unspecified atom stereocenters. The molecule has 2 atom stereocenters. The van der Waals surface area contributed by atoms with Gasteiger partial charge >= 0.3 is 0 Å². The lowest BCUT2D eigenvalue weighted by molar-refractivity contribution is -0.384. The number of nitrogens with one attached hydrogen (secondary N) is 1. The van der Waals surface area contributed by atoms with E-state index in [-0.39, 0.29) is 24.0 Å². The number of nitro groups is 1. The van der Waals surface area contributed by atoms with Crippen LogP contribution in [0.5, 0.6) is 5.75 Å². The molecule has 0 radical (unpaired) electrons. The highest BCUT2D eigenvalue weighted by Gasteiger charge is 2.30. The van der Waals surface area contributed by atoms with Crippen molar-refractivity contribution in [3.8, 4) is 11.4 Å². The summed E-state index contributed by atoms with van der Waals surface area (Å²) in [6.07, 6.45) is -0.838. The number of fused-ring (bicyclic) bond motifs is 1. The van der Waals surface area contributed by atoms with Gasteiger partial charge in [-0.3, -0.25) is 19.5 Å². The summed E-state index contributed by atoms with van der Waals surface area (Å²) in [6.45, 7) is 1.85. The molecule has 2 aromatic carbocycles. The third-order valence-electron chi connectivity index (χ3n) is 5.10. The Labute approximate surface area is 165 Å². The van der Waals surface area contributed by atoms with E-state index >= 15 is 0 Å². The van der Waals surface area contributed by atoms with Crippen LogP contribution in [0.1, 0.15) is 23.9 Å². The van der Waals surface area contributed by atoms with Gasteiger partial charge in [-0.05, 0) is 36.8 Å². The third-order valence-corrected chi connectivity index (χ3v) is 5.10. The van der Waals surface area contributed by atoms with Crippen LogP contribution in [0.15, 0.2) is 41.2 Å². The first-order valence-corrected chi connectivity index (χ1v) is 9.12. The molecule has 9 heteroatoms. The Kier molecular flexibility index (Phi) is 4.75. The maximum Gasteiger partial charge on any atom is 0.270 e. The third kappa shape index (κ3) is 3.33. The Bertz CT molecular complexity index is 1160. The molecule has 4 rings (SSSR count). The number of rotatable bonds is 4. The molecule has 3 aromatic rings. The number of non-ortho nitro benzene ring substituents is 1. The van der Waals surface area contributed by atoms with E-state index in [0.29, 0.717) is 28.3 Å². The molecular weight excluding hydrogens is 379 g/mol. The van der Waals surface area contributed by atoms with E-state index in [2.05, 4.69) is 10.3 Å². The van der Waals surface area contributed by atoms with Crippen molar-refractivity contribution in [2.75, 3.05) is 13.7 Å². The molecule has 1 N–H and O–H groups in total. The monoisotopic (exact) mass is 398 g/mol. The lowest BCUT2D eigenvalue weighted by Crippen LogP contribution is -2.29. The van der Waals surface area contributed by atoms with Gasteiger partial charge in [0.15, 0.2) is 0 Å². The fourth-order valence-corrected chi connectivity index (χ4v) is 3.67. The fourth-order valence-electron chi connectivity index (χ4n) is 3.67. The molecule has 1 fully saturated rings. The van der Waals surface area contributed by atoms with Crippen molar-refractivity contribution in [3.63, 3.8) is 0 Å². The van der Waals surface area contributed by atoms with E-state index in [0.717, 1.165) is 0 Å². The van der Waals surface area contributed by atoms with Crippen LogP contribution in [-0.2, 0) is 0 Å². The van der Waals surface area contributed by atoms with Crippen LogP contribution in [0.25, 0.3) is 16.6 Å². The Morgan fingerprint density at radius 1 is 1.31 bits per heavy atom. The van der Waals surface area contributed by atoms with E-state index in [9.17, 15) is 19.3 Å². The van der Waals surface area contributed by atoms with Crippen LogP contribution in [0.3, 0.4) is 0 Å². The van der Waals surface area contributed by atoms with Crippen LogP contribution in [-0.4, -0.2) is 34.3 Å². The van der Waals surface area contributed by atoms with Crippen LogP contribution in [0, 0.1) is 17.0 Å². The summed E-state index contributed by atoms with van der Waals surface area (Å²) in [6, 6.07) is 8.98. The molecule has 29 heavy (non-hydrogen) atoms. The maximum absolute atomic E-state index is 13.9. The Balaban J connectivity index is 2.02. The van der Waals surface area contributed by atoms with Crippen molar-refractivity contribution >= 4 is 16.6 Å². The highest BCUT2D eigenvalue weighted by molar-refractivity contribution is 5.84. The first-order chi connectivity index (χ1) is 13.9. The van der Waals surface area contributed by atoms with Crippen molar-refractivity contribution in [2.45, 2.75) is 25.6 Å². The molecule has 2 heterocycles. The SMILES string of the molecule is COc1ccc(-n2c([C@H]3C[C@H](F)CN3)nc3c(C)cc([N+](=O)[O-])cc3c2=O)cc1. The molecule has 1 aromatic heterocycles. The minimum atomic E-state index is -1.03. The van der Waals surface area contributed by atoms with Gasteiger partial charge in [0.2, 0.25) is 0 Å². The number of ether oxygens (including phenoxy) is 1. The summed E-state index contributed by atoms with van der Waals surface area (Å²) < 4.78 is 20.4. The van der Waals surface area contributed by atoms with Gasteiger partial charge in [-0.2, -0.15) is 0 Å². The highest BCUT2D eigenvalue weighted by atomic mass is 19.1. The number of nitrogens with zero attached hydrogens (tertiary/aromatic N) is 3. The quantitative estimate of drug-likeness (QED) is 0.536. The maximum atomic E-state index is 13.9. The van der Waals surface area contributed by atoms with Crippen LogP contribution >= 0.6 is 0 Å². The summed E-state index contributed by atoms with van der Waals surface area (Å²) in [5, 5.41) is 14.5. The zero-order chi connectivity index (χ0) is 20.7. The Morgan fingerprint density at radius 3 is 2.62 bits per heavy atom. The molecule has 1 aliphatic rings. The lowest BCUT2D eigenvalue weighted by atomic mass is 10.1. The van der Waals surface area contributed by atoms with E-state index in [1.54, 1.807) is 31.2 Å². The van der Waals surface area contributed by atoms with Gasteiger partial charge in [-0.15, -0.1) is 0 Å². The fraction of sp³-hybridized carbons (Fsp3) is 0.300. The van der Waals surface area contributed by atoms with Crippen molar-refractivity contribution in [2.24, 2.45) is 0 Å². The second-order valence-corrected chi connectivity index (χ2v) is 7.02. The number of aryl methyl sites for hydroxylation is 1. The van der Waals surface area contributed by atoms with E-state index in [1.807, 2.05) is 0 Å². The molecule has 0 aliphatic carbocycles. The van der Waals surface area contributed by atoms with Gasteiger partial charge in [0.05, 0.1) is 34.7 Å². The van der Waals surface area contributed by atoms with Gasteiger partial charge in [0.25, 0.3) is 11.2 Å². The molecule has 0 amide bonds. The minimum Gasteiger partial charge on any atom is -0.497 e. The summed E-state index contributed by atoms with van der Waals surface area (Å²) in [4.78, 5) is 28.8. The van der Waals surface area contributed by atoms with Crippen LogP contribution in [0.4, 0.5) is 10.1 Å². The van der Waals surface area contributed by atoms with Crippen molar-refractivity contribution in [1.29, 1.82) is 0 Å². The van der Waals surface area contributed by atoms with Gasteiger partial charge in [-0.25, -0.2) is 9.37 Å². The minimum absolute atomic E-state index is 0.145. The molecule has 0 bridgehead atoms. The summed E-state index contributed by atoms with van der Waals surface area (Å²) in [5.74, 6) is 0.996. The number of nitro benzene ring substituents is 1. The van der Waals surface area contributed by atoms with Crippen LogP contribution in [0.2, 0.25) is 0 Å². The zero-order valence-corrected chi connectivity index (χ0v) is 15.9. The second kappa shape index (κ2) is 7.25. The van der Waals surface area contributed by atoms with E-state index in [1.165, 1.54) is 23.8 Å². The normalized spacial score (nSPS) is 18.9. The van der Waals surface area contributed by atoms with Crippen molar-refractivity contribution < 1.29 is 14.1 Å². The summed E-state index contributed by atoms with van der Waals surface area (Å²) in [7, 11) is 1.54. The smallest absolute Gasteiger partial charge is 0.270 e. The summed E-state index contributed by atoms with van der Waals surface area (Å²) >= 11 is 0. The topological polar surface area (TPSA) is 99.3 Å². The number of hydrogen-bond donors (Lipinski definition) is 1. The van der Waals surface area contributed by atoms with Gasteiger partial charge in [-0.1, -0.05) is 0 Å². The molecular formula is C20H19FN4O4. The first-order valence-electron chi connectivity index (χ1n) is 9.12. The first kappa shape index (κ1) is 19.0. The van der Waals surface area contributed by atoms with E-state index < -0.39 is 22.7 Å². The van der Waals surface area contributed by atoms with E-state index in [4.69, 9.17) is 4.74 Å². The largest absolute Gasteiger partial charge is 0.497 e. The predicted octanol–water partition coefficient (Wildman–Crippen LogP) is 2.98. The van der Waals surface area contributed by atoms with Crippen molar-refractivity contribution in [3.05, 3.63) is 68.3 Å². The molecule has 8 nitrogen and oxygen atoms in total.